The highest BCUT2D eigenvalue weighted by atomic mass is 32.2. The van der Waals surface area contributed by atoms with Crippen molar-refractivity contribution in [3.8, 4) is 0 Å². The minimum atomic E-state index is -3.57. The van der Waals surface area contributed by atoms with Gasteiger partial charge in [0.15, 0.2) is 0 Å². The zero-order valence-corrected chi connectivity index (χ0v) is 20.4. The Morgan fingerprint density at radius 3 is 2.59 bits per heavy atom. The van der Waals surface area contributed by atoms with Gasteiger partial charge in [-0.1, -0.05) is 12.5 Å². The highest BCUT2D eigenvalue weighted by Gasteiger charge is 2.29. The van der Waals surface area contributed by atoms with E-state index >= 15 is 0 Å². The molecule has 1 atom stereocenters. The van der Waals surface area contributed by atoms with Crippen molar-refractivity contribution in [2.24, 2.45) is 0 Å². The maximum Gasteiger partial charge on any atom is 0.243 e. The van der Waals surface area contributed by atoms with Crippen LogP contribution in [0.2, 0.25) is 0 Å². The molecule has 2 aromatic rings. The summed E-state index contributed by atoms with van der Waals surface area (Å²) in [5, 5.41) is 5.07. The van der Waals surface area contributed by atoms with Crippen molar-refractivity contribution in [1.82, 2.24) is 9.21 Å². The molecule has 32 heavy (non-hydrogen) atoms. The van der Waals surface area contributed by atoms with Gasteiger partial charge in [-0.05, 0) is 61.9 Å². The minimum Gasteiger partial charge on any atom is -0.376 e. The number of thiophene rings is 1. The molecule has 0 bridgehead atoms. The summed E-state index contributed by atoms with van der Waals surface area (Å²) in [6, 6.07) is 9.48. The second kappa shape index (κ2) is 9.91. The molecule has 0 radical (unpaired) electrons. The fraction of sp³-hybridized carbons (Fsp3) is 0.522. The second-order valence-corrected chi connectivity index (χ2v) is 11.6. The normalized spacial score (nSPS) is 20.4. The number of carbonyl (C=O) groups is 1. The summed E-state index contributed by atoms with van der Waals surface area (Å²) < 4.78 is 27.9. The van der Waals surface area contributed by atoms with Gasteiger partial charge in [-0.2, -0.15) is 4.31 Å². The number of anilines is 2. The highest BCUT2D eigenvalue weighted by molar-refractivity contribution is 7.89. The fourth-order valence-corrected chi connectivity index (χ4v) is 7.05. The molecule has 1 aromatic carbocycles. The Bertz CT molecular complexity index is 1030. The third-order valence-electron chi connectivity index (χ3n) is 6.26. The molecule has 2 aliphatic heterocycles. The summed E-state index contributed by atoms with van der Waals surface area (Å²) in [5.41, 5.74) is 1.32. The number of likely N-dealkylation sites (tertiary alicyclic amines) is 1. The van der Waals surface area contributed by atoms with Crippen molar-refractivity contribution in [2.75, 3.05) is 50.5 Å². The van der Waals surface area contributed by atoms with Crippen LogP contribution in [0.15, 0.2) is 40.6 Å². The van der Waals surface area contributed by atoms with E-state index in [-0.39, 0.29) is 16.8 Å². The fourth-order valence-electron chi connectivity index (χ4n) is 4.61. The van der Waals surface area contributed by atoms with Crippen molar-refractivity contribution in [3.05, 3.63) is 40.6 Å². The van der Waals surface area contributed by atoms with Crippen LogP contribution in [-0.4, -0.2) is 63.8 Å². The highest BCUT2D eigenvalue weighted by Crippen LogP contribution is 2.35. The molecule has 7 nitrogen and oxygen atoms in total. The topological polar surface area (TPSA) is 73.0 Å². The van der Waals surface area contributed by atoms with Crippen LogP contribution in [0.5, 0.6) is 0 Å². The average Bonchev–Trinajstić information content (AvgIpc) is 3.46. The second-order valence-electron chi connectivity index (χ2n) is 8.73. The summed E-state index contributed by atoms with van der Waals surface area (Å²) in [5.74, 6) is -0.121. The van der Waals surface area contributed by atoms with Gasteiger partial charge in [0.2, 0.25) is 15.9 Å². The Hall–Kier alpha value is -1.94. The largest absolute Gasteiger partial charge is 0.376 e. The van der Waals surface area contributed by atoms with Gasteiger partial charge in [-0.15, -0.1) is 11.3 Å². The van der Waals surface area contributed by atoms with E-state index in [1.54, 1.807) is 33.8 Å². The number of hydrogen-bond donors (Lipinski definition) is 1. The molecular formula is C23H32N4O3S2. The lowest BCUT2D eigenvalue weighted by atomic mass is 10.2. The minimum absolute atomic E-state index is 0.121. The first-order chi connectivity index (χ1) is 15.4. The number of amides is 1. The monoisotopic (exact) mass is 476 g/mol. The number of rotatable bonds is 7. The number of sulfonamides is 1. The SMILES string of the molecule is CN(C)c1ccc(S(=O)(=O)N2CCCCC2)cc1NC(=O)CN1CCC[C@@H]1c1cccs1. The van der Waals surface area contributed by atoms with Crippen LogP contribution in [0.1, 0.15) is 43.0 Å². The maximum absolute atomic E-state index is 13.2. The molecule has 0 aliphatic carbocycles. The number of hydrogen-bond acceptors (Lipinski definition) is 6. The van der Waals surface area contributed by atoms with Crippen molar-refractivity contribution in [3.63, 3.8) is 0 Å². The van der Waals surface area contributed by atoms with Crippen molar-refractivity contribution in [1.29, 1.82) is 0 Å². The van der Waals surface area contributed by atoms with Gasteiger partial charge in [-0.3, -0.25) is 9.69 Å². The quantitative estimate of drug-likeness (QED) is 0.659. The van der Waals surface area contributed by atoms with Gasteiger partial charge in [0.1, 0.15) is 0 Å². The summed E-state index contributed by atoms with van der Waals surface area (Å²) in [7, 11) is 0.203. The Kier molecular flexibility index (Phi) is 7.19. The predicted molar refractivity (Wildman–Crippen MR) is 130 cm³/mol. The van der Waals surface area contributed by atoms with Gasteiger partial charge in [0.05, 0.1) is 22.8 Å². The Morgan fingerprint density at radius 2 is 1.91 bits per heavy atom. The van der Waals surface area contributed by atoms with Crippen molar-refractivity contribution < 1.29 is 13.2 Å². The smallest absolute Gasteiger partial charge is 0.243 e. The van der Waals surface area contributed by atoms with Crippen LogP contribution in [0.3, 0.4) is 0 Å². The molecule has 9 heteroatoms. The number of nitrogens with one attached hydrogen (secondary N) is 1. The van der Waals surface area contributed by atoms with Gasteiger partial charge < -0.3 is 10.2 Å². The van der Waals surface area contributed by atoms with E-state index in [2.05, 4.69) is 21.7 Å². The summed E-state index contributed by atoms with van der Waals surface area (Å²) in [6.45, 7) is 2.29. The van der Waals surface area contributed by atoms with E-state index in [0.717, 1.165) is 44.3 Å². The molecule has 0 unspecified atom stereocenters. The summed E-state index contributed by atoms with van der Waals surface area (Å²) >= 11 is 1.73. The van der Waals surface area contributed by atoms with Gasteiger partial charge in [0.25, 0.3) is 0 Å². The Morgan fingerprint density at radius 1 is 1.12 bits per heavy atom. The number of nitrogens with zero attached hydrogens (tertiary/aromatic N) is 3. The molecule has 0 saturated carbocycles. The molecule has 1 N–H and O–H groups in total. The molecule has 2 fully saturated rings. The van der Waals surface area contributed by atoms with Gasteiger partial charge in [0, 0.05) is 38.1 Å². The van der Waals surface area contributed by atoms with Crippen LogP contribution in [-0.2, 0) is 14.8 Å². The number of benzene rings is 1. The Balaban J connectivity index is 1.52. The van der Waals surface area contributed by atoms with Gasteiger partial charge in [-0.25, -0.2) is 8.42 Å². The van der Waals surface area contributed by atoms with E-state index in [4.69, 9.17) is 0 Å². The molecule has 3 heterocycles. The van der Waals surface area contributed by atoms with Gasteiger partial charge >= 0.3 is 0 Å². The molecule has 4 rings (SSSR count). The van der Waals surface area contributed by atoms with Crippen LogP contribution in [0.25, 0.3) is 0 Å². The lowest BCUT2D eigenvalue weighted by Gasteiger charge is -2.27. The number of carbonyl (C=O) groups excluding carboxylic acids is 1. The summed E-state index contributed by atoms with van der Waals surface area (Å²) in [4.78, 5) is 18.6. The van der Waals surface area contributed by atoms with E-state index in [1.165, 1.54) is 4.88 Å². The Labute approximate surface area is 195 Å². The number of piperidine rings is 1. The maximum atomic E-state index is 13.2. The molecule has 174 valence electrons. The van der Waals surface area contributed by atoms with Crippen molar-refractivity contribution in [2.45, 2.75) is 43.0 Å². The van der Waals surface area contributed by atoms with E-state index in [9.17, 15) is 13.2 Å². The van der Waals surface area contributed by atoms with Crippen LogP contribution < -0.4 is 10.2 Å². The zero-order valence-electron chi connectivity index (χ0n) is 18.8. The standard InChI is InChI=1S/C23H32N4O3S2/c1-25(2)20-11-10-18(32(29,30)27-13-4-3-5-14-27)16-19(20)24-23(28)17-26-12-6-8-21(26)22-9-7-15-31-22/h7,9-11,15-16,21H,3-6,8,12-14,17H2,1-2H3,(H,24,28)/t21-/m1/s1. The molecule has 1 aromatic heterocycles. The lowest BCUT2D eigenvalue weighted by Crippen LogP contribution is -2.36. The zero-order chi connectivity index (χ0) is 22.7. The third-order valence-corrected chi connectivity index (χ3v) is 9.13. The van der Waals surface area contributed by atoms with E-state index < -0.39 is 10.0 Å². The molecule has 0 spiro atoms. The predicted octanol–water partition coefficient (Wildman–Crippen LogP) is 3.76. The third kappa shape index (κ3) is 5.01. The first kappa shape index (κ1) is 23.2. The average molecular weight is 477 g/mol. The molecule has 2 aliphatic rings. The molecule has 2 saturated heterocycles. The van der Waals surface area contributed by atoms with Crippen LogP contribution >= 0.6 is 11.3 Å². The first-order valence-electron chi connectivity index (χ1n) is 11.2. The van der Waals surface area contributed by atoms with Crippen molar-refractivity contribution >= 4 is 38.6 Å². The molecule has 1 amide bonds. The molecular weight excluding hydrogens is 444 g/mol. The lowest BCUT2D eigenvalue weighted by molar-refractivity contribution is -0.117. The first-order valence-corrected chi connectivity index (χ1v) is 13.6. The van der Waals surface area contributed by atoms with Crippen LogP contribution in [0.4, 0.5) is 11.4 Å². The van der Waals surface area contributed by atoms with Crippen LogP contribution in [0, 0.1) is 0 Å². The summed E-state index contributed by atoms with van der Waals surface area (Å²) in [6.07, 6.45) is 4.97. The van der Waals surface area contributed by atoms with E-state index in [0.29, 0.717) is 25.3 Å². The van der Waals surface area contributed by atoms with E-state index in [1.807, 2.05) is 25.1 Å².